The molecule has 4 nitrogen and oxygen atoms in total. The molecule has 6 heteroatoms. The zero-order valence-electron chi connectivity index (χ0n) is 11.4. The fourth-order valence-electron chi connectivity index (χ4n) is 1.83. The van der Waals surface area contributed by atoms with Gasteiger partial charge in [0.2, 0.25) is 0 Å². The van der Waals surface area contributed by atoms with Gasteiger partial charge in [0.05, 0.1) is 7.11 Å². The van der Waals surface area contributed by atoms with Gasteiger partial charge < -0.3 is 15.7 Å². The number of halogens is 1. The summed E-state index contributed by atoms with van der Waals surface area (Å²) in [5.74, 6) is 0.952. The molecule has 0 atom stereocenters. The molecule has 0 aliphatic carbocycles. The van der Waals surface area contributed by atoms with E-state index in [1.165, 1.54) is 17.8 Å². The molecule has 0 bridgehead atoms. The summed E-state index contributed by atoms with van der Waals surface area (Å²) in [7, 11) is 1.57. The van der Waals surface area contributed by atoms with E-state index in [1.54, 1.807) is 43.5 Å². The van der Waals surface area contributed by atoms with Crippen molar-refractivity contribution in [3.63, 3.8) is 0 Å². The van der Waals surface area contributed by atoms with Crippen molar-refractivity contribution in [2.45, 2.75) is 10.6 Å². The first-order chi connectivity index (χ1) is 10.2. The molecule has 2 aromatic carbocycles. The largest absolute Gasteiger partial charge is 0.496 e. The first-order valence-electron chi connectivity index (χ1n) is 6.18. The van der Waals surface area contributed by atoms with Crippen molar-refractivity contribution >= 4 is 17.6 Å². The Balaban J connectivity index is 2.24. The van der Waals surface area contributed by atoms with Crippen LogP contribution in [0, 0.1) is 5.82 Å². The van der Waals surface area contributed by atoms with Crippen molar-refractivity contribution in [2.75, 3.05) is 7.11 Å². The summed E-state index contributed by atoms with van der Waals surface area (Å²) >= 11 is 1.36. The van der Waals surface area contributed by atoms with E-state index in [4.69, 9.17) is 15.7 Å². The standard InChI is InChI=1S/C15H15FN2O2S/c1-20-13-7-6-10(15(17)18-19)8-11(13)9-21-14-5-3-2-4-12(14)16/h2-8,19H,9H2,1H3,(H2,17,18). The number of benzene rings is 2. The highest BCUT2D eigenvalue weighted by molar-refractivity contribution is 7.98. The minimum atomic E-state index is -0.256. The van der Waals surface area contributed by atoms with E-state index in [0.29, 0.717) is 22.0 Å². The van der Waals surface area contributed by atoms with E-state index in [-0.39, 0.29) is 11.7 Å². The van der Waals surface area contributed by atoms with E-state index in [9.17, 15) is 4.39 Å². The van der Waals surface area contributed by atoms with Crippen LogP contribution >= 0.6 is 11.8 Å². The highest BCUT2D eigenvalue weighted by atomic mass is 32.2. The van der Waals surface area contributed by atoms with Gasteiger partial charge in [-0.25, -0.2) is 4.39 Å². The zero-order valence-corrected chi connectivity index (χ0v) is 12.2. The number of thioether (sulfide) groups is 1. The Morgan fingerprint density at radius 1 is 1.33 bits per heavy atom. The molecule has 0 amide bonds. The Morgan fingerprint density at radius 3 is 2.76 bits per heavy atom. The van der Waals surface area contributed by atoms with Crippen molar-refractivity contribution in [1.82, 2.24) is 0 Å². The first kappa shape index (κ1) is 15.2. The molecule has 0 unspecified atom stereocenters. The normalized spacial score (nSPS) is 11.4. The van der Waals surface area contributed by atoms with E-state index < -0.39 is 0 Å². The fraction of sp³-hybridized carbons (Fsp3) is 0.133. The second kappa shape index (κ2) is 6.99. The summed E-state index contributed by atoms with van der Waals surface area (Å²) in [5, 5.41) is 11.7. The predicted molar refractivity (Wildman–Crippen MR) is 81.5 cm³/mol. The Hall–Kier alpha value is -2.21. The van der Waals surface area contributed by atoms with Crippen LogP contribution in [-0.4, -0.2) is 18.2 Å². The lowest BCUT2D eigenvalue weighted by atomic mass is 10.1. The van der Waals surface area contributed by atoms with Crippen molar-refractivity contribution in [1.29, 1.82) is 0 Å². The molecule has 0 aliphatic heterocycles. The quantitative estimate of drug-likeness (QED) is 0.293. The number of ether oxygens (including phenoxy) is 1. The zero-order chi connectivity index (χ0) is 15.2. The molecule has 0 fully saturated rings. The Morgan fingerprint density at radius 2 is 2.10 bits per heavy atom. The van der Waals surface area contributed by atoms with Crippen molar-refractivity contribution in [3.05, 3.63) is 59.4 Å². The molecule has 2 aromatic rings. The molecular formula is C15H15FN2O2S. The Kier molecular flexibility index (Phi) is 5.05. The maximum Gasteiger partial charge on any atom is 0.170 e. The highest BCUT2D eigenvalue weighted by Gasteiger charge is 2.09. The maximum absolute atomic E-state index is 13.6. The molecule has 0 aliphatic rings. The average Bonchev–Trinajstić information content (AvgIpc) is 2.53. The van der Waals surface area contributed by atoms with E-state index in [0.717, 1.165) is 5.56 Å². The third-order valence-corrected chi connectivity index (χ3v) is 4.00. The molecule has 0 aromatic heterocycles. The van der Waals surface area contributed by atoms with Crippen LogP contribution in [0.1, 0.15) is 11.1 Å². The van der Waals surface area contributed by atoms with Crippen molar-refractivity contribution in [2.24, 2.45) is 10.9 Å². The molecule has 21 heavy (non-hydrogen) atoms. The summed E-state index contributed by atoms with van der Waals surface area (Å²) in [6, 6.07) is 11.8. The number of nitrogens with zero attached hydrogens (tertiary/aromatic N) is 1. The van der Waals surface area contributed by atoms with Crippen LogP contribution in [-0.2, 0) is 5.75 Å². The van der Waals surface area contributed by atoms with Gasteiger partial charge in [-0.3, -0.25) is 0 Å². The molecular weight excluding hydrogens is 291 g/mol. The van der Waals surface area contributed by atoms with Crippen LogP contribution < -0.4 is 10.5 Å². The lowest BCUT2D eigenvalue weighted by molar-refractivity contribution is 0.318. The van der Waals surface area contributed by atoms with Gasteiger partial charge in [0.15, 0.2) is 5.84 Å². The van der Waals surface area contributed by atoms with Crippen LogP contribution in [0.25, 0.3) is 0 Å². The smallest absolute Gasteiger partial charge is 0.170 e. The van der Waals surface area contributed by atoms with Crippen molar-refractivity contribution < 1.29 is 14.3 Å². The molecule has 3 N–H and O–H groups in total. The number of nitrogens with two attached hydrogens (primary N) is 1. The van der Waals surface area contributed by atoms with Crippen molar-refractivity contribution in [3.8, 4) is 5.75 Å². The minimum absolute atomic E-state index is 0.0230. The molecule has 110 valence electrons. The number of rotatable bonds is 5. The third-order valence-electron chi connectivity index (χ3n) is 2.90. The number of amidine groups is 1. The highest BCUT2D eigenvalue weighted by Crippen LogP contribution is 2.30. The second-order valence-electron chi connectivity index (χ2n) is 4.23. The lowest BCUT2D eigenvalue weighted by Gasteiger charge is -2.10. The van der Waals surface area contributed by atoms with Crippen LogP contribution in [0.4, 0.5) is 4.39 Å². The fourth-order valence-corrected chi connectivity index (χ4v) is 2.74. The van der Waals surface area contributed by atoms with Gasteiger partial charge in [-0.15, -0.1) is 11.8 Å². The summed E-state index contributed by atoms with van der Waals surface area (Å²) in [6.45, 7) is 0. The lowest BCUT2D eigenvalue weighted by Crippen LogP contribution is -2.13. The van der Waals surface area contributed by atoms with Gasteiger partial charge in [0, 0.05) is 21.8 Å². The molecule has 0 saturated heterocycles. The summed E-state index contributed by atoms with van der Waals surface area (Å²) in [4.78, 5) is 0.564. The number of oxime groups is 1. The average molecular weight is 306 g/mol. The number of methoxy groups -OCH3 is 1. The number of hydrogen-bond acceptors (Lipinski definition) is 4. The second-order valence-corrected chi connectivity index (χ2v) is 5.25. The van der Waals surface area contributed by atoms with Gasteiger partial charge in [0.25, 0.3) is 0 Å². The summed E-state index contributed by atoms with van der Waals surface area (Å²) < 4.78 is 18.9. The topological polar surface area (TPSA) is 67.8 Å². The van der Waals surface area contributed by atoms with Gasteiger partial charge in [-0.05, 0) is 30.3 Å². The summed E-state index contributed by atoms with van der Waals surface area (Å²) in [6.07, 6.45) is 0. The molecule has 0 saturated carbocycles. The Bertz CT molecular complexity index is 662. The van der Waals surface area contributed by atoms with E-state index in [1.807, 2.05) is 0 Å². The molecule has 0 radical (unpaired) electrons. The Labute approximate surface area is 126 Å². The van der Waals surface area contributed by atoms with Crippen LogP contribution in [0.2, 0.25) is 0 Å². The molecule has 0 spiro atoms. The van der Waals surface area contributed by atoms with E-state index in [2.05, 4.69) is 5.16 Å². The van der Waals surface area contributed by atoms with Gasteiger partial charge >= 0.3 is 0 Å². The summed E-state index contributed by atoms with van der Waals surface area (Å²) in [5.41, 5.74) is 7.01. The predicted octanol–water partition coefficient (Wildman–Crippen LogP) is 3.22. The van der Waals surface area contributed by atoms with Gasteiger partial charge in [-0.2, -0.15) is 0 Å². The monoisotopic (exact) mass is 306 g/mol. The van der Waals surface area contributed by atoms with Gasteiger partial charge in [-0.1, -0.05) is 17.3 Å². The van der Waals surface area contributed by atoms with Crippen LogP contribution in [0.3, 0.4) is 0 Å². The van der Waals surface area contributed by atoms with Crippen LogP contribution in [0.5, 0.6) is 5.75 Å². The molecule has 2 rings (SSSR count). The maximum atomic E-state index is 13.6. The van der Waals surface area contributed by atoms with Crippen LogP contribution in [0.15, 0.2) is 52.5 Å². The third kappa shape index (κ3) is 3.66. The number of hydrogen-bond donors (Lipinski definition) is 2. The first-order valence-corrected chi connectivity index (χ1v) is 7.16. The SMILES string of the molecule is COc1ccc(/C(N)=N/O)cc1CSc1ccccc1F. The van der Waals surface area contributed by atoms with Gasteiger partial charge in [0.1, 0.15) is 11.6 Å². The molecule has 0 heterocycles. The van der Waals surface area contributed by atoms with E-state index >= 15 is 0 Å². The minimum Gasteiger partial charge on any atom is -0.496 e.